The Labute approximate surface area is 91.8 Å². The first-order valence-electron chi connectivity index (χ1n) is 4.25. The van der Waals surface area contributed by atoms with E-state index in [0.717, 1.165) is 10.2 Å². The van der Waals surface area contributed by atoms with E-state index < -0.39 is 5.54 Å². The molecule has 0 aliphatic heterocycles. The van der Waals surface area contributed by atoms with Gasteiger partial charge in [0.05, 0.1) is 0 Å². The van der Waals surface area contributed by atoms with Gasteiger partial charge >= 0.3 is 0 Å². The Morgan fingerprint density at radius 1 is 1.36 bits per heavy atom. The van der Waals surface area contributed by atoms with Gasteiger partial charge in [-0.25, -0.2) is 0 Å². The smallest absolute Gasteiger partial charge is 0.242 e. The van der Waals surface area contributed by atoms with E-state index in [9.17, 15) is 4.79 Å². The van der Waals surface area contributed by atoms with Gasteiger partial charge in [0, 0.05) is 10.2 Å². The van der Waals surface area contributed by atoms with E-state index in [0.29, 0.717) is 0 Å². The fourth-order valence-corrected chi connectivity index (χ4v) is 1.22. The van der Waals surface area contributed by atoms with Crippen LogP contribution >= 0.6 is 15.9 Å². The maximum atomic E-state index is 11.0. The van der Waals surface area contributed by atoms with Crippen molar-refractivity contribution >= 4 is 27.5 Å². The number of hydrogen-bond acceptors (Lipinski definition) is 2. The monoisotopic (exact) mass is 256 g/mol. The second-order valence-corrected chi connectivity index (χ2v) is 4.54. The Morgan fingerprint density at radius 3 is 2.29 bits per heavy atom. The number of nitrogens with two attached hydrogens (primary N) is 1. The lowest BCUT2D eigenvalue weighted by atomic mass is 10.0. The molecule has 3 nitrogen and oxygen atoms in total. The van der Waals surface area contributed by atoms with E-state index in [1.54, 1.807) is 13.8 Å². The lowest BCUT2D eigenvalue weighted by Crippen LogP contribution is -2.44. The highest BCUT2D eigenvalue weighted by Crippen LogP contribution is 2.17. The molecule has 1 amide bonds. The van der Waals surface area contributed by atoms with Gasteiger partial charge in [0.2, 0.25) is 5.91 Å². The molecule has 0 saturated heterocycles. The molecule has 0 atom stereocenters. The quantitative estimate of drug-likeness (QED) is 0.871. The summed E-state index contributed by atoms with van der Waals surface area (Å²) in [5.41, 5.74) is 5.38. The lowest BCUT2D eigenvalue weighted by Gasteiger charge is -2.23. The van der Waals surface area contributed by atoms with Crippen LogP contribution in [0.15, 0.2) is 28.7 Å². The molecule has 0 heterocycles. The number of anilines is 1. The molecule has 0 aliphatic rings. The number of halogens is 1. The van der Waals surface area contributed by atoms with Crippen molar-refractivity contribution < 1.29 is 4.79 Å². The predicted octanol–water partition coefficient (Wildman–Crippen LogP) is 2.12. The van der Waals surface area contributed by atoms with E-state index in [4.69, 9.17) is 5.73 Å². The van der Waals surface area contributed by atoms with Gasteiger partial charge < -0.3 is 11.1 Å². The summed E-state index contributed by atoms with van der Waals surface area (Å²) in [6.45, 7) is 3.49. The first-order valence-corrected chi connectivity index (χ1v) is 5.05. The first kappa shape index (κ1) is 11.0. The van der Waals surface area contributed by atoms with Crippen molar-refractivity contribution in [2.45, 2.75) is 19.4 Å². The van der Waals surface area contributed by atoms with Crippen LogP contribution in [0.5, 0.6) is 0 Å². The number of primary amides is 1. The predicted molar refractivity (Wildman–Crippen MR) is 61.0 cm³/mol. The summed E-state index contributed by atoms with van der Waals surface area (Å²) in [5, 5.41) is 3.05. The van der Waals surface area contributed by atoms with Gasteiger partial charge in [0.25, 0.3) is 0 Å². The average molecular weight is 257 g/mol. The molecule has 4 heteroatoms. The van der Waals surface area contributed by atoms with Crippen molar-refractivity contribution in [3.63, 3.8) is 0 Å². The lowest BCUT2D eigenvalue weighted by molar-refractivity contribution is -0.121. The van der Waals surface area contributed by atoms with Crippen molar-refractivity contribution in [1.29, 1.82) is 0 Å². The minimum Gasteiger partial charge on any atom is -0.372 e. The van der Waals surface area contributed by atoms with Crippen LogP contribution in [-0.4, -0.2) is 11.4 Å². The number of hydrogen-bond donors (Lipinski definition) is 2. The summed E-state index contributed by atoms with van der Waals surface area (Å²) in [7, 11) is 0. The molecular weight excluding hydrogens is 244 g/mol. The molecule has 0 unspecified atom stereocenters. The molecule has 76 valence electrons. The highest BCUT2D eigenvalue weighted by atomic mass is 79.9. The molecule has 0 fully saturated rings. The second kappa shape index (κ2) is 4.00. The Bertz CT molecular complexity index is 332. The first-order chi connectivity index (χ1) is 6.42. The second-order valence-electron chi connectivity index (χ2n) is 3.62. The van der Waals surface area contributed by atoms with Crippen LogP contribution in [0.3, 0.4) is 0 Å². The number of rotatable bonds is 3. The van der Waals surface area contributed by atoms with Crippen LogP contribution < -0.4 is 11.1 Å². The van der Waals surface area contributed by atoms with E-state index in [1.807, 2.05) is 24.3 Å². The van der Waals surface area contributed by atoms with Crippen LogP contribution in [0.25, 0.3) is 0 Å². The highest BCUT2D eigenvalue weighted by molar-refractivity contribution is 9.10. The zero-order valence-electron chi connectivity index (χ0n) is 8.17. The Morgan fingerprint density at radius 2 is 1.86 bits per heavy atom. The summed E-state index contributed by atoms with van der Waals surface area (Å²) in [5.74, 6) is -0.375. The molecule has 0 spiro atoms. The van der Waals surface area contributed by atoms with Gasteiger partial charge in [-0.05, 0) is 38.1 Å². The van der Waals surface area contributed by atoms with Gasteiger partial charge in [-0.3, -0.25) is 4.79 Å². The van der Waals surface area contributed by atoms with E-state index in [2.05, 4.69) is 21.2 Å². The molecule has 1 aromatic carbocycles. The summed E-state index contributed by atoms with van der Waals surface area (Å²) in [4.78, 5) is 11.0. The third kappa shape index (κ3) is 2.73. The zero-order chi connectivity index (χ0) is 10.8. The van der Waals surface area contributed by atoms with Crippen molar-refractivity contribution in [2.75, 3.05) is 5.32 Å². The topological polar surface area (TPSA) is 55.1 Å². The number of carbonyl (C=O) groups excluding carboxylic acids is 1. The molecule has 1 rings (SSSR count). The van der Waals surface area contributed by atoms with Crippen molar-refractivity contribution in [2.24, 2.45) is 5.73 Å². The Balaban J connectivity index is 2.79. The van der Waals surface area contributed by atoms with Crippen LogP contribution in [0.4, 0.5) is 5.69 Å². The number of benzene rings is 1. The molecule has 0 aromatic heterocycles. The van der Waals surface area contributed by atoms with Crippen LogP contribution in [0, 0.1) is 0 Å². The van der Waals surface area contributed by atoms with E-state index in [1.165, 1.54) is 0 Å². The molecule has 14 heavy (non-hydrogen) atoms. The molecule has 1 aromatic rings. The molecule has 0 saturated carbocycles. The van der Waals surface area contributed by atoms with E-state index in [-0.39, 0.29) is 5.91 Å². The molecular formula is C10H13BrN2O. The summed E-state index contributed by atoms with van der Waals surface area (Å²) >= 11 is 3.33. The fraction of sp³-hybridized carbons (Fsp3) is 0.300. The summed E-state index contributed by atoms with van der Waals surface area (Å²) in [6, 6.07) is 7.57. The maximum absolute atomic E-state index is 11.0. The summed E-state index contributed by atoms with van der Waals surface area (Å²) < 4.78 is 1.000. The molecule has 0 aliphatic carbocycles. The van der Waals surface area contributed by atoms with Crippen LogP contribution in [0.2, 0.25) is 0 Å². The van der Waals surface area contributed by atoms with Crippen molar-refractivity contribution in [3.8, 4) is 0 Å². The van der Waals surface area contributed by atoms with Crippen LogP contribution in [-0.2, 0) is 4.79 Å². The number of amides is 1. The SMILES string of the molecule is CC(C)(Nc1ccc(Br)cc1)C(N)=O. The highest BCUT2D eigenvalue weighted by Gasteiger charge is 2.23. The Hall–Kier alpha value is -1.03. The summed E-state index contributed by atoms with van der Waals surface area (Å²) in [6.07, 6.45) is 0. The third-order valence-electron chi connectivity index (χ3n) is 1.92. The van der Waals surface area contributed by atoms with Crippen LogP contribution in [0.1, 0.15) is 13.8 Å². The number of carbonyl (C=O) groups is 1. The molecule has 3 N–H and O–H groups in total. The van der Waals surface area contributed by atoms with Gasteiger partial charge in [-0.15, -0.1) is 0 Å². The van der Waals surface area contributed by atoms with Crippen molar-refractivity contribution in [3.05, 3.63) is 28.7 Å². The van der Waals surface area contributed by atoms with Gasteiger partial charge in [0.1, 0.15) is 5.54 Å². The van der Waals surface area contributed by atoms with Gasteiger partial charge in [0.15, 0.2) is 0 Å². The molecule has 0 radical (unpaired) electrons. The van der Waals surface area contributed by atoms with E-state index >= 15 is 0 Å². The maximum Gasteiger partial charge on any atom is 0.242 e. The van der Waals surface area contributed by atoms with Crippen molar-refractivity contribution in [1.82, 2.24) is 0 Å². The average Bonchev–Trinajstić information content (AvgIpc) is 2.08. The zero-order valence-corrected chi connectivity index (χ0v) is 9.76. The molecule has 0 bridgehead atoms. The minimum atomic E-state index is -0.728. The largest absolute Gasteiger partial charge is 0.372 e. The number of nitrogens with one attached hydrogen (secondary N) is 1. The fourth-order valence-electron chi connectivity index (χ4n) is 0.956. The normalized spacial score (nSPS) is 11.1. The van der Waals surface area contributed by atoms with Gasteiger partial charge in [-0.2, -0.15) is 0 Å². The minimum absolute atomic E-state index is 0.375. The van der Waals surface area contributed by atoms with Gasteiger partial charge in [-0.1, -0.05) is 15.9 Å². The third-order valence-corrected chi connectivity index (χ3v) is 2.45. The Kier molecular flexibility index (Phi) is 3.16. The standard InChI is InChI=1S/C10H13BrN2O/c1-10(2,9(12)14)13-8-5-3-7(11)4-6-8/h3-6,13H,1-2H3,(H2,12,14).